The fourth-order valence-electron chi connectivity index (χ4n) is 3.83. The Balaban J connectivity index is 2.03. The molecule has 11 heteroatoms. The summed E-state index contributed by atoms with van der Waals surface area (Å²) in [5.74, 6) is -3.51. The van der Waals surface area contributed by atoms with Crippen molar-refractivity contribution >= 4 is 29.0 Å². The quantitative estimate of drug-likeness (QED) is 0.471. The van der Waals surface area contributed by atoms with Gasteiger partial charge in [0.1, 0.15) is 11.5 Å². The average molecular weight is 524 g/mol. The number of halogens is 2. The molecule has 1 fully saturated rings. The molecule has 1 saturated heterocycles. The molecule has 3 atom stereocenters. The van der Waals surface area contributed by atoms with Crippen LogP contribution < -0.4 is 10.6 Å². The molecule has 0 aliphatic carbocycles. The lowest BCUT2D eigenvalue weighted by Gasteiger charge is -2.26. The smallest absolute Gasteiger partial charge is 0.280 e. The number of likely N-dealkylation sites (tertiary alicyclic amines) is 1. The Bertz CT molecular complexity index is 1130. The summed E-state index contributed by atoms with van der Waals surface area (Å²) in [6.07, 6.45) is 2.09. The monoisotopic (exact) mass is 523 g/mol. The summed E-state index contributed by atoms with van der Waals surface area (Å²) >= 11 is 1.000. The molecule has 1 aliphatic heterocycles. The highest BCUT2D eigenvalue weighted by Gasteiger charge is 2.46. The van der Waals surface area contributed by atoms with Crippen molar-refractivity contribution in [1.82, 2.24) is 20.2 Å². The number of pyridine rings is 1. The van der Waals surface area contributed by atoms with Crippen molar-refractivity contribution in [2.45, 2.75) is 91.0 Å². The topological polar surface area (TPSA) is 107 Å². The molecule has 0 saturated carbocycles. The molecule has 36 heavy (non-hydrogen) atoms. The molecule has 3 rings (SSSR count). The lowest BCUT2D eigenvalue weighted by molar-refractivity contribution is 0.0118. The zero-order valence-electron chi connectivity index (χ0n) is 21.8. The Morgan fingerprint density at radius 3 is 2.56 bits per heavy atom. The first kappa shape index (κ1) is 27.9. The van der Waals surface area contributed by atoms with Crippen molar-refractivity contribution in [3.8, 4) is 10.4 Å². The summed E-state index contributed by atoms with van der Waals surface area (Å²) in [5, 5.41) is 16.2. The van der Waals surface area contributed by atoms with Crippen LogP contribution >= 0.6 is 11.3 Å². The molecule has 0 aromatic carbocycles. The van der Waals surface area contributed by atoms with Gasteiger partial charge in [-0.2, -0.15) is 0 Å². The maximum absolute atomic E-state index is 14.1. The van der Waals surface area contributed by atoms with Gasteiger partial charge in [-0.3, -0.25) is 9.59 Å². The van der Waals surface area contributed by atoms with E-state index >= 15 is 0 Å². The van der Waals surface area contributed by atoms with E-state index in [2.05, 4.69) is 27.5 Å². The first-order valence-corrected chi connectivity index (χ1v) is 12.9. The minimum absolute atomic E-state index is 0.00395. The number of anilines is 1. The average Bonchev–Trinajstić information content (AvgIpc) is 3.32. The summed E-state index contributed by atoms with van der Waals surface area (Å²) in [5.41, 5.74) is 0.159. The van der Waals surface area contributed by atoms with Crippen molar-refractivity contribution in [2.24, 2.45) is 0 Å². The molecule has 0 radical (unpaired) electrons. The van der Waals surface area contributed by atoms with Crippen molar-refractivity contribution in [1.29, 1.82) is 0 Å². The highest BCUT2D eigenvalue weighted by Crippen LogP contribution is 2.37. The van der Waals surface area contributed by atoms with E-state index in [4.69, 9.17) is 0 Å². The van der Waals surface area contributed by atoms with Gasteiger partial charge in [0.2, 0.25) is 0 Å². The number of carbonyl (C=O) groups excluding carboxylic acids is 2. The SMILES string of the molecule is CC[C@@H](C)Nc1cc(C)c(-c2sc(C(=O)N[C@H](C)C(C)(C)O)nc2C(=O)N2CC(F)(F)C[C@@H]2C)cn1. The number of aromatic nitrogens is 2. The Hall–Kier alpha value is -2.66. The van der Waals surface area contributed by atoms with Gasteiger partial charge >= 0.3 is 0 Å². The number of carbonyl (C=O) groups is 2. The van der Waals surface area contributed by atoms with E-state index in [-0.39, 0.29) is 16.7 Å². The van der Waals surface area contributed by atoms with E-state index < -0.39 is 48.4 Å². The Morgan fingerprint density at radius 2 is 2.03 bits per heavy atom. The third-order valence-corrected chi connectivity index (χ3v) is 7.67. The number of rotatable bonds is 8. The fourth-order valence-corrected chi connectivity index (χ4v) is 4.86. The minimum atomic E-state index is -2.98. The van der Waals surface area contributed by atoms with E-state index in [1.54, 1.807) is 33.9 Å². The van der Waals surface area contributed by atoms with E-state index in [1.165, 1.54) is 0 Å². The summed E-state index contributed by atoms with van der Waals surface area (Å²) in [6, 6.07) is 0.798. The molecule has 3 N–H and O–H groups in total. The summed E-state index contributed by atoms with van der Waals surface area (Å²) in [4.78, 5) is 36.7. The summed E-state index contributed by atoms with van der Waals surface area (Å²) in [7, 11) is 0. The molecular formula is C25H35F2N5O3S. The van der Waals surface area contributed by atoms with Crippen LogP contribution in [0, 0.1) is 6.92 Å². The number of nitrogens with one attached hydrogen (secondary N) is 2. The fraction of sp³-hybridized carbons (Fsp3) is 0.600. The molecular weight excluding hydrogens is 488 g/mol. The number of hydrogen-bond donors (Lipinski definition) is 3. The standard InChI is InChI=1S/C25H35F2N5O3S/c1-8-14(3)29-18-9-13(2)17(11-28-18)20-19(23(34)32-12-25(26,27)10-15(32)4)31-22(36-20)21(33)30-16(5)24(6,7)35/h9,11,14-16,35H,8,10,12H2,1-7H3,(H,28,29)(H,30,33)/t14-,15+,16-/m1/s1. The number of alkyl halides is 2. The Kier molecular flexibility index (Phi) is 8.04. The first-order chi connectivity index (χ1) is 16.6. The molecule has 0 unspecified atom stereocenters. The maximum atomic E-state index is 14.1. The number of thiazole rings is 1. The van der Waals surface area contributed by atoms with Crippen molar-refractivity contribution in [2.75, 3.05) is 11.9 Å². The normalized spacial score (nSPS) is 19.2. The van der Waals surface area contributed by atoms with E-state index in [9.17, 15) is 23.5 Å². The van der Waals surface area contributed by atoms with Gasteiger partial charge in [-0.15, -0.1) is 11.3 Å². The van der Waals surface area contributed by atoms with Gasteiger partial charge in [0.05, 0.1) is 23.1 Å². The third-order valence-electron chi connectivity index (χ3n) is 6.58. The molecule has 2 amide bonds. The zero-order valence-corrected chi connectivity index (χ0v) is 22.6. The third kappa shape index (κ3) is 6.18. The number of hydrogen-bond acceptors (Lipinski definition) is 7. The molecule has 0 spiro atoms. The molecule has 198 valence electrons. The number of nitrogens with zero attached hydrogens (tertiary/aromatic N) is 3. The lowest BCUT2D eigenvalue weighted by Crippen LogP contribution is -2.47. The molecule has 0 bridgehead atoms. The van der Waals surface area contributed by atoms with Crippen LogP contribution in [0.2, 0.25) is 0 Å². The van der Waals surface area contributed by atoms with Gasteiger partial charge in [0.15, 0.2) is 5.01 Å². The van der Waals surface area contributed by atoms with Crippen LogP contribution in [0.25, 0.3) is 10.4 Å². The Labute approximate surface area is 214 Å². The number of aliphatic hydroxyl groups is 1. The molecule has 2 aromatic heterocycles. The second kappa shape index (κ2) is 10.4. The maximum Gasteiger partial charge on any atom is 0.280 e. The van der Waals surface area contributed by atoms with Crippen LogP contribution in [0.4, 0.5) is 14.6 Å². The zero-order chi connectivity index (χ0) is 27.0. The van der Waals surface area contributed by atoms with Gasteiger partial charge in [-0.1, -0.05) is 6.92 Å². The van der Waals surface area contributed by atoms with Crippen LogP contribution in [0.3, 0.4) is 0 Å². The number of amides is 2. The van der Waals surface area contributed by atoms with E-state index in [0.29, 0.717) is 16.3 Å². The Morgan fingerprint density at radius 1 is 1.36 bits per heavy atom. The van der Waals surface area contributed by atoms with Gasteiger partial charge < -0.3 is 20.6 Å². The predicted molar refractivity (Wildman–Crippen MR) is 137 cm³/mol. The first-order valence-electron chi connectivity index (χ1n) is 12.1. The summed E-state index contributed by atoms with van der Waals surface area (Å²) in [6.45, 7) is 11.6. The molecule has 3 heterocycles. The van der Waals surface area contributed by atoms with Crippen LogP contribution in [-0.4, -0.2) is 68.0 Å². The van der Waals surface area contributed by atoms with Crippen molar-refractivity contribution in [3.63, 3.8) is 0 Å². The number of aryl methyl sites for hydroxylation is 1. The van der Waals surface area contributed by atoms with Crippen LogP contribution in [0.15, 0.2) is 12.3 Å². The lowest BCUT2D eigenvalue weighted by atomic mass is 10.0. The van der Waals surface area contributed by atoms with Crippen LogP contribution in [0.5, 0.6) is 0 Å². The minimum Gasteiger partial charge on any atom is -0.388 e. The van der Waals surface area contributed by atoms with Crippen molar-refractivity contribution < 1.29 is 23.5 Å². The van der Waals surface area contributed by atoms with Gasteiger partial charge in [-0.25, -0.2) is 18.7 Å². The van der Waals surface area contributed by atoms with E-state index in [0.717, 1.165) is 28.2 Å². The summed E-state index contributed by atoms with van der Waals surface area (Å²) < 4.78 is 28.1. The van der Waals surface area contributed by atoms with E-state index in [1.807, 2.05) is 19.9 Å². The van der Waals surface area contributed by atoms with Crippen molar-refractivity contribution in [3.05, 3.63) is 28.5 Å². The largest absolute Gasteiger partial charge is 0.388 e. The van der Waals surface area contributed by atoms with Crippen LogP contribution in [0.1, 0.15) is 80.2 Å². The van der Waals surface area contributed by atoms with Gasteiger partial charge in [0, 0.05) is 30.3 Å². The molecule has 8 nitrogen and oxygen atoms in total. The second-order valence-corrected chi connectivity index (χ2v) is 11.2. The molecule has 2 aromatic rings. The highest BCUT2D eigenvalue weighted by molar-refractivity contribution is 7.17. The predicted octanol–water partition coefficient (Wildman–Crippen LogP) is 4.48. The highest BCUT2D eigenvalue weighted by atomic mass is 32.1. The molecule has 1 aliphatic rings. The van der Waals surface area contributed by atoms with Gasteiger partial charge in [-0.05, 0) is 59.6 Å². The second-order valence-electron chi connectivity index (χ2n) is 10.2. The van der Waals surface area contributed by atoms with Crippen LogP contribution in [-0.2, 0) is 0 Å². The van der Waals surface area contributed by atoms with Gasteiger partial charge in [0.25, 0.3) is 17.7 Å².